The number of piperazine rings is 1. The van der Waals surface area contributed by atoms with Crippen LogP contribution in [0.5, 0.6) is 11.5 Å². The van der Waals surface area contributed by atoms with Crippen LogP contribution in [0.2, 0.25) is 0 Å². The van der Waals surface area contributed by atoms with E-state index in [-0.39, 0.29) is 5.91 Å². The molecule has 1 amide bonds. The summed E-state index contributed by atoms with van der Waals surface area (Å²) in [5.41, 5.74) is 2.23. The van der Waals surface area contributed by atoms with Gasteiger partial charge in [-0.1, -0.05) is 6.07 Å². The Morgan fingerprint density at radius 2 is 1.72 bits per heavy atom. The first kappa shape index (κ1) is 15.9. The van der Waals surface area contributed by atoms with Crippen LogP contribution < -0.4 is 9.47 Å². The van der Waals surface area contributed by atoms with Crippen molar-refractivity contribution < 1.29 is 14.3 Å². The lowest BCUT2D eigenvalue weighted by Gasteiger charge is -2.34. The molecule has 0 aliphatic carbocycles. The van der Waals surface area contributed by atoms with Crippen molar-refractivity contribution in [2.24, 2.45) is 0 Å². The average molecular weight is 339 g/mol. The predicted molar refractivity (Wildman–Crippen MR) is 92.4 cm³/mol. The van der Waals surface area contributed by atoms with E-state index >= 15 is 0 Å². The van der Waals surface area contributed by atoms with Crippen LogP contribution in [0.3, 0.4) is 0 Å². The van der Waals surface area contributed by atoms with Gasteiger partial charge in [0.25, 0.3) is 0 Å². The van der Waals surface area contributed by atoms with E-state index in [4.69, 9.17) is 9.47 Å². The van der Waals surface area contributed by atoms with Crippen molar-refractivity contribution in [2.45, 2.75) is 13.0 Å². The molecule has 25 heavy (non-hydrogen) atoms. The Labute approximate surface area is 147 Å². The number of carbonyl (C=O) groups is 1. The molecule has 0 unspecified atom stereocenters. The Bertz CT molecular complexity index is 743. The Kier molecular flexibility index (Phi) is 4.52. The van der Waals surface area contributed by atoms with E-state index in [2.05, 4.69) is 16.0 Å². The molecule has 0 spiro atoms. The molecule has 1 fully saturated rings. The maximum absolute atomic E-state index is 12.4. The van der Waals surface area contributed by atoms with Gasteiger partial charge in [0.2, 0.25) is 12.7 Å². The molecule has 2 aliphatic rings. The van der Waals surface area contributed by atoms with E-state index in [0.717, 1.165) is 49.8 Å². The summed E-state index contributed by atoms with van der Waals surface area (Å²) in [6, 6.07) is 9.88. The van der Waals surface area contributed by atoms with E-state index in [1.807, 2.05) is 29.2 Å². The van der Waals surface area contributed by atoms with Crippen molar-refractivity contribution in [3.8, 4) is 11.5 Å². The number of ether oxygens (including phenoxy) is 2. The minimum Gasteiger partial charge on any atom is -0.454 e. The number of nitrogens with zero attached hydrogens (tertiary/aromatic N) is 3. The Balaban J connectivity index is 1.29. The number of pyridine rings is 1. The molecule has 1 aromatic carbocycles. The molecule has 0 atom stereocenters. The summed E-state index contributed by atoms with van der Waals surface area (Å²) in [5, 5.41) is 0. The Morgan fingerprint density at radius 3 is 2.52 bits per heavy atom. The van der Waals surface area contributed by atoms with Gasteiger partial charge in [-0.3, -0.25) is 14.7 Å². The highest BCUT2D eigenvalue weighted by Gasteiger charge is 2.22. The van der Waals surface area contributed by atoms with Crippen LogP contribution in [-0.2, 0) is 17.8 Å². The molecule has 0 bridgehead atoms. The molecule has 6 nitrogen and oxygen atoms in total. The van der Waals surface area contributed by atoms with E-state index in [9.17, 15) is 4.79 Å². The second kappa shape index (κ2) is 7.11. The molecule has 6 heteroatoms. The topological polar surface area (TPSA) is 54.9 Å². The molecule has 0 N–H and O–H groups in total. The first-order valence-electron chi connectivity index (χ1n) is 8.55. The van der Waals surface area contributed by atoms with Crippen molar-refractivity contribution in [1.29, 1.82) is 0 Å². The lowest BCUT2D eigenvalue weighted by atomic mass is 10.1. The molecule has 0 radical (unpaired) electrons. The highest BCUT2D eigenvalue weighted by molar-refractivity contribution is 5.78. The van der Waals surface area contributed by atoms with Gasteiger partial charge >= 0.3 is 0 Å². The summed E-state index contributed by atoms with van der Waals surface area (Å²) in [6.45, 7) is 4.48. The van der Waals surface area contributed by atoms with Crippen molar-refractivity contribution >= 4 is 5.91 Å². The van der Waals surface area contributed by atoms with Gasteiger partial charge in [0.1, 0.15) is 0 Å². The fourth-order valence-electron chi connectivity index (χ4n) is 3.24. The number of hydrogen-bond acceptors (Lipinski definition) is 5. The molecule has 1 aromatic heterocycles. The molecule has 3 heterocycles. The van der Waals surface area contributed by atoms with Crippen LogP contribution in [0.4, 0.5) is 0 Å². The first-order valence-corrected chi connectivity index (χ1v) is 8.55. The number of rotatable bonds is 4. The summed E-state index contributed by atoms with van der Waals surface area (Å²) in [4.78, 5) is 20.7. The van der Waals surface area contributed by atoms with Crippen molar-refractivity contribution in [3.63, 3.8) is 0 Å². The lowest BCUT2D eigenvalue weighted by Crippen LogP contribution is -2.48. The number of benzene rings is 1. The standard InChI is InChI=1S/C19H21N3O3/c23-19(12-15-3-5-20-6-4-15)22-9-7-21(8-10-22)13-16-1-2-17-18(11-16)25-14-24-17/h1-6,11H,7-10,12-14H2. The third-order valence-corrected chi connectivity index (χ3v) is 4.67. The van der Waals surface area contributed by atoms with Crippen molar-refractivity contribution in [1.82, 2.24) is 14.8 Å². The molecule has 1 saturated heterocycles. The van der Waals surface area contributed by atoms with Gasteiger partial charge < -0.3 is 14.4 Å². The van der Waals surface area contributed by atoms with E-state index < -0.39 is 0 Å². The second-order valence-electron chi connectivity index (χ2n) is 6.38. The van der Waals surface area contributed by atoms with Gasteiger partial charge in [0.05, 0.1) is 6.42 Å². The number of fused-ring (bicyclic) bond motifs is 1. The van der Waals surface area contributed by atoms with E-state index in [0.29, 0.717) is 13.2 Å². The molecule has 130 valence electrons. The maximum atomic E-state index is 12.4. The van der Waals surface area contributed by atoms with Crippen LogP contribution in [0.25, 0.3) is 0 Å². The molecule has 2 aromatic rings. The van der Waals surface area contributed by atoms with E-state index in [1.54, 1.807) is 12.4 Å². The largest absolute Gasteiger partial charge is 0.454 e. The van der Waals surface area contributed by atoms with Crippen molar-refractivity contribution in [2.75, 3.05) is 33.0 Å². The van der Waals surface area contributed by atoms with Gasteiger partial charge in [0, 0.05) is 45.1 Å². The van der Waals surface area contributed by atoms with Gasteiger partial charge in [0.15, 0.2) is 11.5 Å². The lowest BCUT2D eigenvalue weighted by molar-refractivity contribution is -0.132. The monoisotopic (exact) mass is 339 g/mol. The number of hydrogen-bond donors (Lipinski definition) is 0. The average Bonchev–Trinajstić information content (AvgIpc) is 3.11. The quantitative estimate of drug-likeness (QED) is 0.849. The summed E-state index contributed by atoms with van der Waals surface area (Å²) in [6.07, 6.45) is 3.91. The first-order chi connectivity index (χ1) is 12.3. The zero-order valence-corrected chi connectivity index (χ0v) is 14.1. The normalized spacial score (nSPS) is 16.9. The summed E-state index contributed by atoms with van der Waals surface area (Å²) >= 11 is 0. The third kappa shape index (κ3) is 3.74. The van der Waals surface area contributed by atoms with Crippen LogP contribution in [0, 0.1) is 0 Å². The minimum atomic E-state index is 0.189. The van der Waals surface area contributed by atoms with Gasteiger partial charge in [-0.15, -0.1) is 0 Å². The van der Waals surface area contributed by atoms with Gasteiger partial charge in [-0.05, 0) is 35.4 Å². The predicted octanol–water partition coefficient (Wildman–Crippen LogP) is 1.70. The van der Waals surface area contributed by atoms with Crippen LogP contribution in [0.1, 0.15) is 11.1 Å². The van der Waals surface area contributed by atoms with Crippen molar-refractivity contribution in [3.05, 3.63) is 53.9 Å². The number of carbonyl (C=O) groups excluding carboxylic acids is 1. The fourth-order valence-corrected chi connectivity index (χ4v) is 3.24. The summed E-state index contributed by atoms with van der Waals surface area (Å²) in [5.74, 6) is 1.83. The highest BCUT2D eigenvalue weighted by Crippen LogP contribution is 2.32. The maximum Gasteiger partial charge on any atom is 0.231 e. The fraction of sp³-hybridized carbons (Fsp3) is 0.368. The molecular weight excluding hydrogens is 318 g/mol. The highest BCUT2D eigenvalue weighted by atomic mass is 16.7. The molecular formula is C19H21N3O3. The third-order valence-electron chi connectivity index (χ3n) is 4.67. The smallest absolute Gasteiger partial charge is 0.231 e. The van der Waals surface area contributed by atoms with Crippen LogP contribution in [0.15, 0.2) is 42.7 Å². The van der Waals surface area contributed by atoms with E-state index in [1.165, 1.54) is 5.56 Å². The summed E-state index contributed by atoms with van der Waals surface area (Å²) < 4.78 is 10.8. The zero-order chi connectivity index (χ0) is 17.1. The Morgan fingerprint density at radius 1 is 0.960 bits per heavy atom. The second-order valence-corrected chi connectivity index (χ2v) is 6.38. The Hall–Kier alpha value is -2.60. The zero-order valence-electron chi connectivity index (χ0n) is 14.1. The molecule has 2 aliphatic heterocycles. The van der Waals surface area contributed by atoms with Gasteiger partial charge in [-0.25, -0.2) is 0 Å². The number of amides is 1. The van der Waals surface area contributed by atoms with Crippen LogP contribution >= 0.6 is 0 Å². The van der Waals surface area contributed by atoms with Gasteiger partial charge in [-0.2, -0.15) is 0 Å². The minimum absolute atomic E-state index is 0.189. The molecule has 4 rings (SSSR count). The number of aromatic nitrogens is 1. The van der Waals surface area contributed by atoms with Crippen LogP contribution in [-0.4, -0.2) is 53.7 Å². The SMILES string of the molecule is O=C(Cc1ccncc1)N1CCN(Cc2ccc3c(c2)OCO3)CC1. The summed E-state index contributed by atoms with van der Waals surface area (Å²) in [7, 11) is 0. The molecule has 0 saturated carbocycles.